The average Bonchev–Trinajstić information content (AvgIpc) is 2.55. The Morgan fingerprint density at radius 1 is 1.20 bits per heavy atom. The van der Waals surface area contributed by atoms with Crippen molar-refractivity contribution in [1.29, 1.82) is 0 Å². The zero-order valence-electron chi connectivity index (χ0n) is 13.7. The fourth-order valence-electron chi connectivity index (χ4n) is 2.32. The number of anilines is 1. The number of carbonyl (C=O) groups is 2. The van der Waals surface area contributed by atoms with E-state index in [4.69, 9.17) is 0 Å². The molecule has 7 nitrogen and oxygen atoms in total. The number of para-hydroxylation sites is 2. The van der Waals surface area contributed by atoms with Crippen LogP contribution in [0.2, 0.25) is 0 Å². The highest BCUT2D eigenvalue weighted by Gasteiger charge is 2.25. The van der Waals surface area contributed by atoms with Gasteiger partial charge in [0.15, 0.2) is 0 Å². The van der Waals surface area contributed by atoms with Crippen LogP contribution in [0.15, 0.2) is 46.9 Å². The van der Waals surface area contributed by atoms with Crippen molar-refractivity contribution < 1.29 is 14.5 Å². The van der Waals surface area contributed by atoms with Gasteiger partial charge in [0.1, 0.15) is 5.56 Å². The summed E-state index contributed by atoms with van der Waals surface area (Å²) in [6, 6.07) is 11.6. The van der Waals surface area contributed by atoms with E-state index in [-0.39, 0.29) is 17.8 Å². The van der Waals surface area contributed by atoms with Gasteiger partial charge in [0, 0.05) is 17.1 Å². The van der Waals surface area contributed by atoms with Crippen molar-refractivity contribution in [3.63, 3.8) is 0 Å². The molecule has 0 aliphatic heterocycles. The summed E-state index contributed by atoms with van der Waals surface area (Å²) in [6.45, 7) is 1.33. The van der Waals surface area contributed by atoms with Gasteiger partial charge in [0.25, 0.3) is 11.6 Å². The van der Waals surface area contributed by atoms with Crippen molar-refractivity contribution in [2.45, 2.75) is 6.92 Å². The minimum Gasteiger partial charge on any atom is -0.332 e. The average molecular weight is 406 g/mol. The Labute approximate surface area is 152 Å². The van der Waals surface area contributed by atoms with E-state index in [1.807, 2.05) is 6.07 Å². The molecule has 0 heterocycles. The number of hydrogen-bond acceptors (Lipinski definition) is 4. The third-order valence-electron chi connectivity index (χ3n) is 3.53. The smallest absolute Gasteiger partial charge is 0.285 e. The number of halogens is 1. The Hall–Kier alpha value is -2.74. The number of amides is 2. The molecule has 0 saturated carbocycles. The van der Waals surface area contributed by atoms with Crippen molar-refractivity contribution in [3.05, 3.63) is 68.2 Å². The minimum absolute atomic E-state index is 0.0406. The summed E-state index contributed by atoms with van der Waals surface area (Å²) in [7, 11) is 1.42. The molecule has 0 aromatic heterocycles. The van der Waals surface area contributed by atoms with Crippen LogP contribution in [0.5, 0.6) is 0 Å². The number of rotatable bonds is 5. The highest BCUT2D eigenvalue weighted by Crippen LogP contribution is 2.24. The van der Waals surface area contributed by atoms with Gasteiger partial charge in [0.05, 0.1) is 17.2 Å². The fourth-order valence-corrected chi connectivity index (χ4v) is 2.70. The van der Waals surface area contributed by atoms with Gasteiger partial charge in [-0.25, -0.2) is 0 Å². The first kappa shape index (κ1) is 18.6. The number of nitro benzene ring substituents is 1. The van der Waals surface area contributed by atoms with Gasteiger partial charge < -0.3 is 10.2 Å². The van der Waals surface area contributed by atoms with E-state index in [9.17, 15) is 19.7 Å². The van der Waals surface area contributed by atoms with Crippen molar-refractivity contribution in [2.24, 2.45) is 0 Å². The van der Waals surface area contributed by atoms with Gasteiger partial charge in [0.2, 0.25) is 5.91 Å². The number of likely N-dealkylation sites (N-methyl/N-ethyl adjacent to an activating group) is 1. The molecule has 2 aromatic rings. The zero-order valence-corrected chi connectivity index (χ0v) is 15.2. The second-order valence-corrected chi connectivity index (χ2v) is 6.27. The number of hydrogen-bond donors (Lipinski definition) is 1. The number of nitro groups is 1. The summed E-state index contributed by atoms with van der Waals surface area (Å²) >= 11 is 3.32. The van der Waals surface area contributed by atoms with E-state index < -0.39 is 16.7 Å². The van der Waals surface area contributed by atoms with E-state index >= 15 is 0 Å². The summed E-state index contributed by atoms with van der Waals surface area (Å²) in [4.78, 5) is 36.4. The number of benzene rings is 2. The summed E-state index contributed by atoms with van der Waals surface area (Å²) in [5, 5.41) is 13.9. The van der Waals surface area contributed by atoms with Crippen molar-refractivity contribution in [2.75, 3.05) is 18.9 Å². The Balaban J connectivity index is 2.13. The molecule has 0 spiro atoms. The second-order valence-electron chi connectivity index (χ2n) is 5.42. The predicted octanol–water partition coefficient (Wildman–Crippen LogP) is 3.38. The van der Waals surface area contributed by atoms with E-state index in [1.165, 1.54) is 13.1 Å². The standard InChI is InChI=1S/C17H16BrN3O4/c1-11-6-5-7-12(16(11)21(24)25)17(23)20(2)10-15(22)19-14-9-4-3-8-13(14)18/h3-9H,10H2,1-2H3,(H,19,22). The molecule has 0 aliphatic rings. The molecule has 25 heavy (non-hydrogen) atoms. The molecule has 0 bridgehead atoms. The molecule has 2 aromatic carbocycles. The van der Waals surface area contributed by atoms with E-state index in [0.717, 1.165) is 4.90 Å². The molecule has 1 N–H and O–H groups in total. The summed E-state index contributed by atoms with van der Waals surface area (Å²) in [5.74, 6) is -0.990. The Morgan fingerprint density at radius 3 is 2.52 bits per heavy atom. The van der Waals surface area contributed by atoms with Gasteiger partial charge in [-0.15, -0.1) is 0 Å². The molecule has 2 amide bonds. The van der Waals surface area contributed by atoms with Crippen LogP contribution in [0.3, 0.4) is 0 Å². The molecule has 0 saturated heterocycles. The highest BCUT2D eigenvalue weighted by atomic mass is 79.9. The van der Waals surface area contributed by atoms with Crippen LogP contribution < -0.4 is 5.32 Å². The topological polar surface area (TPSA) is 92.6 Å². The maximum absolute atomic E-state index is 12.5. The van der Waals surface area contributed by atoms with Gasteiger partial charge in [-0.05, 0) is 41.1 Å². The molecule has 130 valence electrons. The Bertz CT molecular complexity index is 838. The lowest BCUT2D eigenvalue weighted by molar-refractivity contribution is -0.385. The number of aryl methyl sites for hydroxylation is 1. The van der Waals surface area contributed by atoms with Gasteiger partial charge >= 0.3 is 0 Å². The molecule has 0 unspecified atom stereocenters. The van der Waals surface area contributed by atoms with E-state index in [2.05, 4.69) is 21.2 Å². The van der Waals surface area contributed by atoms with Crippen LogP contribution in [0.25, 0.3) is 0 Å². The molecule has 0 aliphatic carbocycles. The largest absolute Gasteiger partial charge is 0.332 e. The lowest BCUT2D eigenvalue weighted by atomic mass is 10.1. The predicted molar refractivity (Wildman–Crippen MR) is 97.6 cm³/mol. The second kappa shape index (κ2) is 7.89. The highest BCUT2D eigenvalue weighted by molar-refractivity contribution is 9.10. The van der Waals surface area contributed by atoms with Gasteiger partial charge in [-0.1, -0.05) is 24.3 Å². The van der Waals surface area contributed by atoms with Crippen molar-refractivity contribution in [1.82, 2.24) is 4.90 Å². The first-order valence-corrected chi connectivity index (χ1v) is 8.14. The molecule has 0 fully saturated rings. The van der Waals surface area contributed by atoms with Crippen LogP contribution in [-0.4, -0.2) is 35.2 Å². The molecular weight excluding hydrogens is 390 g/mol. The zero-order chi connectivity index (χ0) is 18.6. The minimum atomic E-state index is -0.586. The van der Waals surface area contributed by atoms with Crippen LogP contribution >= 0.6 is 15.9 Å². The van der Waals surface area contributed by atoms with Crippen LogP contribution in [0, 0.1) is 17.0 Å². The Morgan fingerprint density at radius 2 is 1.88 bits per heavy atom. The maximum atomic E-state index is 12.5. The van der Waals surface area contributed by atoms with Crippen molar-refractivity contribution >= 4 is 39.1 Å². The third kappa shape index (κ3) is 4.42. The summed E-state index contributed by atoms with van der Waals surface area (Å²) in [6.07, 6.45) is 0. The number of nitrogens with one attached hydrogen (secondary N) is 1. The van der Waals surface area contributed by atoms with E-state index in [0.29, 0.717) is 15.7 Å². The normalized spacial score (nSPS) is 10.2. The summed E-state index contributed by atoms with van der Waals surface area (Å²) < 4.78 is 0.714. The maximum Gasteiger partial charge on any atom is 0.285 e. The van der Waals surface area contributed by atoms with Gasteiger partial charge in [-0.3, -0.25) is 19.7 Å². The number of carbonyl (C=O) groups excluding carboxylic acids is 2. The van der Waals surface area contributed by atoms with Gasteiger partial charge in [-0.2, -0.15) is 0 Å². The van der Waals surface area contributed by atoms with E-state index in [1.54, 1.807) is 37.3 Å². The molecule has 2 rings (SSSR count). The lowest BCUT2D eigenvalue weighted by Gasteiger charge is -2.17. The summed E-state index contributed by atoms with van der Waals surface area (Å²) in [5.41, 5.74) is 0.684. The SMILES string of the molecule is Cc1cccc(C(=O)N(C)CC(=O)Nc2ccccc2Br)c1[N+](=O)[O-]. The number of nitrogens with zero attached hydrogens (tertiary/aromatic N) is 2. The molecule has 0 atom stereocenters. The molecular formula is C17H16BrN3O4. The van der Waals surface area contributed by atoms with Crippen LogP contribution in [-0.2, 0) is 4.79 Å². The van der Waals surface area contributed by atoms with Crippen LogP contribution in [0.1, 0.15) is 15.9 Å². The Kier molecular flexibility index (Phi) is 5.87. The first-order valence-electron chi connectivity index (χ1n) is 7.35. The monoisotopic (exact) mass is 405 g/mol. The first-order chi connectivity index (χ1) is 11.8. The fraction of sp³-hybridized carbons (Fsp3) is 0.176. The quantitative estimate of drug-likeness (QED) is 0.609. The molecule has 0 radical (unpaired) electrons. The molecule has 8 heteroatoms. The van der Waals surface area contributed by atoms with Crippen LogP contribution in [0.4, 0.5) is 11.4 Å². The van der Waals surface area contributed by atoms with Crippen molar-refractivity contribution in [3.8, 4) is 0 Å². The third-order valence-corrected chi connectivity index (χ3v) is 4.22. The lowest BCUT2D eigenvalue weighted by Crippen LogP contribution is -2.35.